The molecule has 1 saturated carbocycles. The van der Waals surface area contributed by atoms with E-state index in [0.29, 0.717) is 35.1 Å². The number of halogens is 1. The van der Waals surface area contributed by atoms with E-state index in [9.17, 15) is 14.3 Å². The van der Waals surface area contributed by atoms with Gasteiger partial charge < -0.3 is 14.7 Å². The molecule has 166 valence electrons. The molecule has 2 aromatic heterocycles. The predicted octanol–water partition coefficient (Wildman–Crippen LogP) is 2.71. The van der Waals surface area contributed by atoms with Crippen LogP contribution in [0.1, 0.15) is 29.2 Å². The highest BCUT2D eigenvalue weighted by Crippen LogP contribution is 2.42. The van der Waals surface area contributed by atoms with Gasteiger partial charge in [-0.1, -0.05) is 17.3 Å². The van der Waals surface area contributed by atoms with Crippen LogP contribution in [0.4, 0.5) is 10.2 Å². The Morgan fingerprint density at radius 1 is 1.19 bits per heavy atom. The number of aliphatic hydroxyl groups is 1. The summed E-state index contributed by atoms with van der Waals surface area (Å²) in [4.78, 5) is 18.4. The molecule has 1 saturated heterocycles. The van der Waals surface area contributed by atoms with Crippen LogP contribution < -0.4 is 4.90 Å². The first-order valence-corrected chi connectivity index (χ1v) is 10.7. The second-order valence-electron chi connectivity index (χ2n) is 8.49. The number of methoxy groups -OCH3 is 1. The number of anilines is 1. The molecule has 0 radical (unpaired) electrons. The number of esters is 1. The molecular weight excluding hydrogens is 413 g/mol. The van der Waals surface area contributed by atoms with Crippen molar-refractivity contribution in [3.63, 3.8) is 0 Å². The van der Waals surface area contributed by atoms with Crippen LogP contribution in [-0.2, 0) is 4.74 Å². The second kappa shape index (κ2) is 8.31. The number of rotatable bonds is 4. The number of pyridine rings is 1. The fraction of sp³-hybridized carbons (Fsp3) is 0.391. The van der Waals surface area contributed by atoms with Gasteiger partial charge in [0.05, 0.1) is 31.0 Å². The molecule has 2 aliphatic rings. The summed E-state index contributed by atoms with van der Waals surface area (Å²) in [5.41, 5.74) is 1.31. The van der Waals surface area contributed by atoms with Crippen molar-refractivity contribution in [2.24, 2.45) is 11.8 Å². The summed E-state index contributed by atoms with van der Waals surface area (Å²) < 4.78 is 20.6. The molecule has 0 amide bonds. The summed E-state index contributed by atoms with van der Waals surface area (Å²) >= 11 is 0. The highest BCUT2D eigenvalue weighted by atomic mass is 19.1. The Kier molecular flexibility index (Phi) is 5.34. The molecule has 1 aromatic carbocycles. The normalized spacial score (nSPS) is 24.9. The summed E-state index contributed by atoms with van der Waals surface area (Å²) in [5, 5.41) is 19.2. The number of aromatic nitrogens is 4. The number of hydrogen-bond acceptors (Lipinski definition) is 7. The van der Waals surface area contributed by atoms with Gasteiger partial charge >= 0.3 is 5.97 Å². The maximum absolute atomic E-state index is 14.1. The van der Waals surface area contributed by atoms with E-state index in [1.165, 1.54) is 13.2 Å². The lowest BCUT2D eigenvalue weighted by Gasteiger charge is -2.34. The van der Waals surface area contributed by atoms with Gasteiger partial charge in [0.25, 0.3) is 0 Å². The second-order valence-corrected chi connectivity index (χ2v) is 8.49. The number of carbonyl (C=O) groups excluding carboxylic acids is 1. The summed E-state index contributed by atoms with van der Waals surface area (Å²) in [5.74, 6) is 0.651. The lowest BCUT2D eigenvalue weighted by molar-refractivity contribution is 0.0299. The van der Waals surface area contributed by atoms with Gasteiger partial charge in [0.1, 0.15) is 17.3 Å². The van der Waals surface area contributed by atoms with Crippen molar-refractivity contribution in [2.45, 2.75) is 25.0 Å². The van der Waals surface area contributed by atoms with Gasteiger partial charge in [-0.3, -0.25) is 0 Å². The van der Waals surface area contributed by atoms with E-state index in [1.54, 1.807) is 47.4 Å². The average Bonchev–Trinajstić information content (AvgIpc) is 3.45. The molecule has 0 bridgehead atoms. The topological polar surface area (TPSA) is 93.4 Å². The lowest BCUT2D eigenvalue weighted by Crippen LogP contribution is -2.36. The molecule has 3 aromatic rings. The highest BCUT2D eigenvalue weighted by Gasteiger charge is 2.43. The fourth-order valence-electron chi connectivity index (χ4n) is 4.95. The minimum Gasteiger partial charge on any atom is -0.465 e. The average molecular weight is 437 g/mol. The molecule has 0 unspecified atom stereocenters. The molecule has 32 heavy (non-hydrogen) atoms. The van der Waals surface area contributed by atoms with E-state index >= 15 is 0 Å². The highest BCUT2D eigenvalue weighted by molar-refractivity contribution is 5.90. The van der Waals surface area contributed by atoms with Crippen LogP contribution in [0.3, 0.4) is 0 Å². The maximum Gasteiger partial charge on any atom is 0.338 e. The molecule has 0 spiro atoms. The Bertz CT molecular complexity index is 1140. The summed E-state index contributed by atoms with van der Waals surface area (Å²) in [6, 6.07) is 9.61. The largest absolute Gasteiger partial charge is 0.465 e. The van der Waals surface area contributed by atoms with Crippen molar-refractivity contribution in [1.82, 2.24) is 20.0 Å². The zero-order valence-corrected chi connectivity index (χ0v) is 17.6. The SMILES string of the molecule is COC(=O)c1ccnc(N2C[C@H]3C[C@@H](n4cc(-c5ccccc5F)nn4)[C@H](O)C[C@H]3C2)c1. The van der Waals surface area contributed by atoms with Crippen LogP contribution in [-0.4, -0.2) is 57.4 Å². The standard InChI is InChI=1S/C23H24FN5O3/c1-32-23(31)14-6-7-25-22(10-14)28-11-15-8-20(21(30)9-16(15)12-28)29-13-19(26-27-29)17-4-2-3-5-18(17)24/h2-7,10,13,15-16,20-21,30H,8-9,11-12H2,1H3/t15-,16+,20-,21-/m1/s1. The Labute approximate surface area is 184 Å². The fourth-order valence-corrected chi connectivity index (χ4v) is 4.95. The monoisotopic (exact) mass is 437 g/mol. The zero-order chi connectivity index (χ0) is 22.2. The lowest BCUT2D eigenvalue weighted by atomic mass is 9.77. The minimum absolute atomic E-state index is 0.224. The van der Waals surface area contributed by atoms with Crippen LogP contribution in [0.15, 0.2) is 48.8 Å². The van der Waals surface area contributed by atoms with Crippen molar-refractivity contribution in [3.8, 4) is 11.3 Å². The first kappa shape index (κ1) is 20.6. The summed E-state index contributed by atoms with van der Waals surface area (Å²) in [6.07, 6.45) is 4.12. The number of hydrogen-bond donors (Lipinski definition) is 1. The molecule has 4 atom stereocenters. The molecule has 1 aliphatic carbocycles. The zero-order valence-electron chi connectivity index (χ0n) is 17.6. The third-order valence-electron chi connectivity index (χ3n) is 6.60. The molecule has 5 rings (SSSR count). The first-order chi connectivity index (χ1) is 15.5. The van der Waals surface area contributed by atoms with E-state index in [0.717, 1.165) is 25.3 Å². The van der Waals surface area contributed by atoms with E-state index < -0.39 is 12.1 Å². The van der Waals surface area contributed by atoms with Gasteiger partial charge in [-0.25, -0.2) is 18.9 Å². The quantitative estimate of drug-likeness (QED) is 0.628. The number of fused-ring (bicyclic) bond motifs is 1. The van der Waals surface area contributed by atoms with E-state index in [4.69, 9.17) is 4.74 Å². The number of benzene rings is 1. The van der Waals surface area contributed by atoms with Crippen LogP contribution in [0.2, 0.25) is 0 Å². The third kappa shape index (κ3) is 3.73. The van der Waals surface area contributed by atoms with E-state index in [2.05, 4.69) is 20.2 Å². The Balaban J connectivity index is 1.32. The van der Waals surface area contributed by atoms with Gasteiger partial charge in [0, 0.05) is 24.8 Å². The maximum atomic E-state index is 14.1. The molecule has 3 heterocycles. The number of carbonyl (C=O) groups is 1. The van der Waals surface area contributed by atoms with Gasteiger partial charge in [0.2, 0.25) is 0 Å². The van der Waals surface area contributed by atoms with Gasteiger partial charge in [-0.2, -0.15) is 0 Å². The molecule has 8 nitrogen and oxygen atoms in total. The van der Waals surface area contributed by atoms with Crippen molar-refractivity contribution in [2.75, 3.05) is 25.1 Å². The van der Waals surface area contributed by atoms with Gasteiger partial charge in [0.15, 0.2) is 0 Å². The number of nitrogens with zero attached hydrogens (tertiary/aromatic N) is 5. The van der Waals surface area contributed by atoms with Crippen LogP contribution >= 0.6 is 0 Å². The van der Waals surface area contributed by atoms with Crippen LogP contribution in [0.5, 0.6) is 0 Å². The summed E-state index contributed by atoms with van der Waals surface area (Å²) in [7, 11) is 1.36. The smallest absolute Gasteiger partial charge is 0.338 e. The van der Waals surface area contributed by atoms with Crippen molar-refractivity contribution < 1.29 is 19.0 Å². The number of aliphatic hydroxyl groups excluding tert-OH is 1. The van der Waals surface area contributed by atoms with Crippen molar-refractivity contribution >= 4 is 11.8 Å². The Morgan fingerprint density at radius 3 is 2.75 bits per heavy atom. The molecule has 1 aliphatic heterocycles. The van der Waals surface area contributed by atoms with Gasteiger partial charge in [-0.15, -0.1) is 5.10 Å². The van der Waals surface area contributed by atoms with E-state index in [1.807, 2.05) is 0 Å². The summed E-state index contributed by atoms with van der Waals surface area (Å²) in [6.45, 7) is 1.55. The molecule has 1 N–H and O–H groups in total. The predicted molar refractivity (Wildman–Crippen MR) is 114 cm³/mol. The molecule has 2 fully saturated rings. The Morgan fingerprint density at radius 2 is 1.97 bits per heavy atom. The van der Waals surface area contributed by atoms with Crippen LogP contribution in [0, 0.1) is 17.7 Å². The van der Waals surface area contributed by atoms with Gasteiger partial charge in [-0.05, 0) is 48.9 Å². The minimum atomic E-state index is -0.569. The Hall–Kier alpha value is -3.33. The first-order valence-electron chi connectivity index (χ1n) is 10.7. The molecule has 9 heteroatoms. The van der Waals surface area contributed by atoms with Crippen LogP contribution in [0.25, 0.3) is 11.3 Å². The molecular formula is C23H24FN5O3. The number of ether oxygens (including phenoxy) is 1. The van der Waals surface area contributed by atoms with Crippen molar-refractivity contribution in [3.05, 3.63) is 60.2 Å². The third-order valence-corrected chi connectivity index (χ3v) is 6.60. The van der Waals surface area contributed by atoms with Crippen molar-refractivity contribution in [1.29, 1.82) is 0 Å². The van der Waals surface area contributed by atoms with E-state index in [-0.39, 0.29) is 11.9 Å².